The second-order valence-electron chi connectivity index (χ2n) is 12.2. The predicted molar refractivity (Wildman–Crippen MR) is 211 cm³/mol. The zero-order valence-electron chi connectivity index (χ0n) is 27.7. The summed E-state index contributed by atoms with van der Waals surface area (Å²) in [5.74, 6) is 1.96. The maximum absolute atomic E-state index is 6.58. The van der Waals surface area contributed by atoms with Crippen molar-refractivity contribution in [3.63, 3.8) is 0 Å². The summed E-state index contributed by atoms with van der Waals surface area (Å²) < 4.78 is 8.79. The molecule has 6 heteroatoms. The molecule has 0 aliphatic carbocycles. The lowest BCUT2D eigenvalue weighted by molar-refractivity contribution is 0.603. The molecule has 5 nitrogen and oxygen atoms in total. The van der Waals surface area contributed by atoms with Crippen LogP contribution < -0.4 is 0 Å². The number of hydrogen-bond acceptors (Lipinski definition) is 6. The monoisotopic (exact) mass is 674 g/mol. The molecule has 0 radical (unpaired) electrons. The van der Waals surface area contributed by atoms with E-state index < -0.39 is 0 Å². The smallest absolute Gasteiger partial charge is 0.160 e. The Morgan fingerprint density at radius 3 is 1.90 bits per heavy atom. The quantitative estimate of drug-likeness (QED) is 0.168. The molecule has 4 aromatic heterocycles. The van der Waals surface area contributed by atoms with E-state index in [4.69, 9.17) is 24.4 Å². The van der Waals surface area contributed by atoms with E-state index in [1.165, 1.54) is 4.70 Å². The van der Waals surface area contributed by atoms with Crippen LogP contribution in [0, 0.1) is 0 Å². The van der Waals surface area contributed by atoms with Crippen molar-refractivity contribution in [1.82, 2.24) is 19.9 Å². The lowest BCUT2D eigenvalue weighted by atomic mass is 9.98. The lowest BCUT2D eigenvalue weighted by Crippen LogP contribution is -2.01. The van der Waals surface area contributed by atoms with Gasteiger partial charge in [0.25, 0.3) is 0 Å². The Hall–Kier alpha value is -6.50. The summed E-state index contributed by atoms with van der Waals surface area (Å²) in [7, 11) is 0. The third kappa shape index (κ3) is 5.43. The maximum Gasteiger partial charge on any atom is 0.160 e. The van der Waals surface area contributed by atoms with Gasteiger partial charge in [-0.1, -0.05) is 128 Å². The largest absolute Gasteiger partial charge is 0.456 e. The second-order valence-corrected chi connectivity index (χ2v) is 13.2. The van der Waals surface area contributed by atoms with Gasteiger partial charge in [-0.25, -0.2) is 19.9 Å². The third-order valence-corrected chi connectivity index (χ3v) is 10.3. The molecule has 0 unspecified atom stereocenters. The number of thiophene rings is 1. The summed E-state index contributed by atoms with van der Waals surface area (Å²) in [4.78, 5) is 20.5. The molecule has 242 valence electrons. The SMILES string of the molecule is C=Cc1oc2cc(-c3nc(-c4ccccc4)nc4c3sc3ccccc34)ccc2c1/C(=C\C)c1nc(-c2ccccc2)cc(-c2ccccc2)n1. The van der Waals surface area contributed by atoms with E-state index in [2.05, 4.69) is 97.6 Å². The first-order chi connectivity index (χ1) is 25.2. The number of fused-ring (bicyclic) bond motifs is 4. The predicted octanol–water partition coefficient (Wildman–Crippen LogP) is 12.1. The topological polar surface area (TPSA) is 64.7 Å². The van der Waals surface area contributed by atoms with Gasteiger partial charge < -0.3 is 4.42 Å². The van der Waals surface area contributed by atoms with Gasteiger partial charge in [0, 0.05) is 48.9 Å². The van der Waals surface area contributed by atoms with Crippen LogP contribution in [0.4, 0.5) is 0 Å². The number of allylic oxidation sites excluding steroid dienone is 1. The molecule has 5 aromatic carbocycles. The average molecular weight is 675 g/mol. The molecule has 0 saturated carbocycles. The molecule has 0 saturated heterocycles. The Balaban J connectivity index is 1.22. The van der Waals surface area contributed by atoms with Gasteiger partial charge in [0.15, 0.2) is 11.6 Å². The van der Waals surface area contributed by atoms with Gasteiger partial charge in [-0.2, -0.15) is 0 Å². The van der Waals surface area contributed by atoms with Gasteiger partial charge >= 0.3 is 0 Å². The van der Waals surface area contributed by atoms with Crippen molar-refractivity contribution in [2.45, 2.75) is 6.92 Å². The molecule has 51 heavy (non-hydrogen) atoms. The van der Waals surface area contributed by atoms with Crippen molar-refractivity contribution in [1.29, 1.82) is 0 Å². The fourth-order valence-electron chi connectivity index (χ4n) is 6.65. The fraction of sp³-hybridized carbons (Fsp3) is 0.0222. The Bertz CT molecular complexity index is 2710. The minimum Gasteiger partial charge on any atom is -0.456 e. The van der Waals surface area contributed by atoms with Gasteiger partial charge in [0.05, 0.1) is 27.3 Å². The summed E-state index contributed by atoms with van der Waals surface area (Å²) >= 11 is 1.71. The third-order valence-electron chi connectivity index (χ3n) is 9.09. The van der Waals surface area contributed by atoms with Gasteiger partial charge in [-0.3, -0.25) is 0 Å². The minimum absolute atomic E-state index is 0.614. The highest BCUT2D eigenvalue weighted by molar-refractivity contribution is 7.26. The van der Waals surface area contributed by atoms with Crippen LogP contribution >= 0.6 is 11.3 Å². The summed E-state index contributed by atoms with van der Waals surface area (Å²) in [6, 6.07) is 47.3. The summed E-state index contributed by atoms with van der Waals surface area (Å²) in [6.45, 7) is 6.15. The van der Waals surface area contributed by atoms with E-state index in [0.29, 0.717) is 17.4 Å². The molecule has 4 heterocycles. The van der Waals surface area contributed by atoms with Crippen molar-refractivity contribution in [2.24, 2.45) is 0 Å². The first-order valence-electron chi connectivity index (χ1n) is 16.8. The van der Waals surface area contributed by atoms with Crippen molar-refractivity contribution in [3.8, 4) is 45.2 Å². The number of benzene rings is 5. The van der Waals surface area contributed by atoms with Crippen LogP contribution in [0.3, 0.4) is 0 Å². The number of nitrogens with zero attached hydrogens (tertiary/aromatic N) is 4. The molecule has 0 aliphatic rings. The van der Waals surface area contributed by atoms with E-state index in [9.17, 15) is 0 Å². The highest BCUT2D eigenvalue weighted by atomic mass is 32.1. The van der Waals surface area contributed by atoms with Crippen LogP contribution in [0.15, 0.2) is 157 Å². The Labute approximate surface area is 299 Å². The van der Waals surface area contributed by atoms with Gasteiger partial charge in [-0.05, 0) is 37.3 Å². The first-order valence-corrected chi connectivity index (χ1v) is 17.6. The highest BCUT2D eigenvalue weighted by Crippen LogP contribution is 2.42. The summed E-state index contributed by atoms with van der Waals surface area (Å²) in [6.07, 6.45) is 3.82. The van der Waals surface area contributed by atoms with E-state index in [1.54, 1.807) is 17.4 Å². The highest BCUT2D eigenvalue weighted by Gasteiger charge is 2.23. The molecule has 0 spiro atoms. The van der Waals surface area contributed by atoms with Crippen LogP contribution in [-0.4, -0.2) is 19.9 Å². The number of hydrogen-bond donors (Lipinski definition) is 0. The number of furan rings is 1. The van der Waals surface area contributed by atoms with Crippen molar-refractivity contribution >= 4 is 54.3 Å². The van der Waals surface area contributed by atoms with Crippen molar-refractivity contribution in [3.05, 3.63) is 169 Å². The van der Waals surface area contributed by atoms with Crippen LogP contribution in [0.1, 0.15) is 24.1 Å². The van der Waals surface area contributed by atoms with E-state index in [0.717, 1.165) is 77.0 Å². The van der Waals surface area contributed by atoms with Gasteiger partial charge in [-0.15, -0.1) is 11.3 Å². The first kappa shape index (κ1) is 30.6. The molecular formula is C45H30N4OS. The Morgan fingerprint density at radius 1 is 0.627 bits per heavy atom. The molecule has 0 atom stereocenters. The standard InChI is InChI=1S/C45H30N4OS/c1-3-32(45-46-35(28-16-8-5-9-17-28)27-36(47-45)29-18-10-6-11-19-29)40-33-25-24-31(26-38(33)50-37(40)4-2)41-43-42(34-22-14-15-23-39(34)51-43)49-44(48-41)30-20-12-7-13-21-30/h3-27H,2H2,1H3/b32-3+. The molecular weight excluding hydrogens is 645 g/mol. The van der Waals surface area contributed by atoms with E-state index in [-0.39, 0.29) is 0 Å². The van der Waals surface area contributed by atoms with Crippen LogP contribution in [0.2, 0.25) is 0 Å². The van der Waals surface area contributed by atoms with Gasteiger partial charge in [0.2, 0.25) is 0 Å². The van der Waals surface area contributed by atoms with Crippen LogP contribution in [-0.2, 0) is 0 Å². The second kappa shape index (κ2) is 12.8. The lowest BCUT2D eigenvalue weighted by Gasteiger charge is -2.12. The van der Waals surface area contributed by atoms with Crippen molar-refractivity contribution < 1.29 is 4.42 Å². The average Bonchev–Trinajstić information content (AvgIpc) is 3.77. The zero-order chi connectivity index (χ0) is 34.3. The van der Waals surface area contributed by atoms with Gasteiger partial charge in [0.1, 0.15) is 11.3 Å². The number of rotatable bonds is 7. The Kier molecular flexibility index (Phi) is 7.64. The molecule has 9 rings (SSSR count). The normalized spacial score (nSPS) is 11.8. The molecule has 0 fully saturated rings. The molecule has 0 aliphatic heterocycles. The van der Waals surface area contributed by atoms with Crippen LogP contribution in [0.5, 0.6) is 0 Å². The van der Waals surface area contributed by atoms with E-state index >= 15 is 0 Å². The zero-order valence-corrected chi connectivity index (χ0v) is 28.6. The number of aromatic nitrogens is 4. The molecule has 0 N–H and O–H groups in total. The van der Waals surface area contributed by atoms with Crippen molar-refractivity contribution in [2.75, 3.05) is 0 Å². The Morgan fingerprint density at radius 2 is 1.25 bits per heavy atom. The minimum atomic E-state index is 0.614. The van der Waals surface area contributed by atoms with E-state index in [1.807, 2.05) is 61.5 Å². The summed E-state index contributed by atoms with van der Waals surface area (Å²) in [5, 5.41) is 2.07. The summed E-state index contributed by atoms with van der Waals surface area (Å²) in [5.41, 5.74) is 9.97. The molecule has 9 aromatic rings. The molecule has 0 bridgehead atoms. The van der Waals surface area contributed by atoms with Crippen LogP contribution in [0.25, 0.3) is 88.1 Å². The fourth-order valence-corrected chi connectivity index (χ4v) is 7.81. The molecule has 0 amide bonds. The maximum atomic E-state index is 6.58.